The molecule has 1 N–H and O–H groups in total. The number of aromatic nitrogens is 2. The van der Waals surface area contributed by atoms with Crippen molar-refractivity contribution in [1.29, 1.82) is 0 Å². The number of rotatable bonds is 4. The van der Waals surface area contributed by atoms with Crippen molar-refractivity contribution in [1.82, 2.24) is 15.5 Å². The first-order chi connectivity index (χ1) is 5.88. The van der Waals surface area contributed by atoms with Crippen LogP contribution in [0.4, 0.5) is 0 Å². The lowest BCUT2D eigenvalue weighted by atomic mass is 10.6. The molecule has 0 saturated heterocycles. The Morgan fingerprint density at radius 1 is 1.58 bits per heavy atom. The van der Waals surface area contributed by atoms with Crippen LogP contribution >= 0.6 is 11.8 Å². The summed E-state index contributed by atoms with van der Waals surface area (Å²) in [5, 5.41) is 11.7. The second-order valence-electron chi connectivity index (χ2n) is 2.82. The second kappa shape index (κ2) is 3.45. The van der Waals surface area contributed by atoms with Crippen molar-refractivity contribution in [3.8, 4) is 0 Å². The van der Waals surface area contributed by atoms with E-state index in [-0.39, 0.29) is 0 Å². The van der Waals surface area contributed by atoms with Gasteiger partial charge in [0.2, 0.25) is 5.89 Å². The summed E-state index contributed by atoms with van der Waals surface area (Å²) in [6.07, 6.45) is 4.48. The summed E-state index contributed by atoms with van der Waals surface area (Å²) in [7, 11) is 0. The van der Waals surface area contributed by atoms with Gasteiger partial charge in [-0.1, -0.05) is 11.8 Å². The number of nitrogens with zero attached hydrogens (tertiary/aromatic N) is 2. The average molecular weight is 185 g/mol. The van der Waals surface area contributed by atoms with Crippen molar-refractivity contribution in [2.24, 2.45) is 0 Å². The lowest BCUT2D eigenvalue weighted by molar-refractivity contribution is 0.399. The third-order valence-corrected chi connectivity index (χ3v) is 2.26. The molecule has 1 aliphatic carbocycles. The molecule has 0 aromatic carbocycles. The predicted octanol–water partition coefficient (Wildman–Crippen LogP) is 1.04. The van der Waals surface area contributed by atoms with Crippen molar-refractivity contribution in [2.45, 2.75) is 30.7 Å². The number of hydrogen-bond acceptors (Lipinski definition) is 5. The maximum absolute atomic E-state index is 5.29. The fourth-order valence-electron chi connectivity index (χ4n) is 0.911. The Morgan fingerprint density at radius 2 is 2.42 bits per heavy atom. The fraction of sp³-hybridized carbons (Fsp3) is 0.714. The maximum Gasteiger partial charge on any atom is 0.276 e. The van der Waals surface area contributed by atoms with Crippen LogP contribution in [0.25, 0.3) is 0 Å². The summed E-state index contributed by atoms with van der Waals surface area (Å²) in [5.74, 6) is 0.686. The molecule has 4 nitrogen and oxygen atoms in total. The molecule has 5 heteroatoms. The van der Waals surface area contributed by atoms with Gasteiger partial charge in [-0.3, -0.25) is 0 Å². The summed E-state index contributed by atoms with van der Waals surface area (Å²) in [4.78, 5) is 0. The van der Waals surface area contributed by atoms with E-state index in [1.165, 1.54) is 24.6 Å². The molecule has 0 radical (unpaired) electrons. The monoisotopic (exact) mass is 185 g/mol. The Kier molecular flexibility index (Phi) is 2.32. The lowest BCUT2D eigenvalue weighted by Crippen LogP contribution is -2.15. The first-order valence-electron chi connectivity index (χ1n) is 3.98. The van der Waals surface area contributed by atoms with E-state index in [0.717, 1.165) is 0 Å². The molecule has 2 rings (SSSR count). The zero-order chi connectivity index (χ0) is 8.39. The van der Waals surface area contributed by atoms with Crippen LogP contribution in [-0.2, 0) is 6.54 Å². The Hall–Kier alpha value is -0.550. The highest BCUT2D eigenvalue weighted by Gasteiger charge is 2.20. The second-order valence-corrected chi connectivity index (χ2v) is 3.58. The van der Waals surface area contributed by atoms with Gasteiger partial charge in [0, 0.05) is 6.04 Å². The summed E-state index contributed by atoms with van der Waals surface area (Å²) in [6.45, 7) is 0.707. The van der Waals surface area contributed by atoms with Gasteiger partial charge in [-0.05, 0) is 19.1 Å². The van der Waals surface area contributed by atoms with Crippen LogP contribution < -0.4 is 5.32 Å². The number of thioether (sulfide) groups is 1. The van der Waals surface area contributed by atoms with Crippen LogP contribution in [-0.4, -0.2) is 22.5 Å². The van der Waals surface area contributed by atoms with Crippen molar-refractivity contribution in [2.75, 3.05) is 6.26 Å². The van der Waals surface area contributed by atoms with Crippen molar-refractivity contribution < 1.29 is 4.42 Å². The van der Waals surface area contributed by atoms with Gasteiger partial charge in [0.25, 0.3) is 5.22 Å². The molecular formula is C7H11N3OS. The van der Waals surface area contributed by atoms with E-state index < -0.39 is 0 Å². The van der Waals surface area contributed by atoms with Gasteiger partial charge >= 0.3 is 0 Å². The van der Waals surface area contributed by atoms with Gasteiger partial charge in [-0.25, -0.2) is 0 Å². The minimum absolute atomic E-state index is 0.641. The van der Waals surface area contributed by atoms with E-state index in [9.17, 15) is 0 Å². The first kappa shape index (κ1) is 8.07. The molecule has 66 valence electrons. The van der Waals surface area contributed by atoms with E-state index in [1.807, 2.05) is 6.26 Å². The minimum Gasteiger partial charge on any atom is -0.415 e. The molecule has 0 atom stereocenters. The zero-order valence-electron chi connectivity index (χ0n) is 6.91. The molecule has 1 aromatic rings. The predicted molar refractivity (Wildman–Crippen MR) is 45.9 cm³/mol. The molecule has 1 heterocycles. The first-order valence-corrected chi connectivity index (χ1v) is 5.20. The van der Waals surface area contributed by atoms with E-state index >= 15 is 0 Å². The SMILES string of the molecule is CSc1nnc(CNC2CC2)o1. The lowest BCUT2D eigenvalue weighted by Gasteiger charge is -1.94. The van der Waals surface area contributed by atoms with Crippen molar-refractivity contribution >= 4 is 11.8 Å². The molecule has 1 aromatic heterocycles. The average Bonchev–Trinajstić information content (AvgIpc) is 2.81. The summed E-state index contributed by atoms with van der Waals surface area (Å²) < 4.78 is 5.29. The number of hydrogen-bond donors (Lipinski definition) is 1. The van der Waals surface area contributed by atoms with Gasteiger partial charge in [0.15, 0.2) is 0 Å². The van der Waals surface area contributed by atoms with Crippen LogP contribution in [0.1, 0.15) is 18.7 Å². The highest BCUT2D eigenvalue weighted by Crippen LogP contribution is 2.19. The van der Waals surface area contributed by atoms with Crippen LogP contribution in [0, 0.1) is 0 Å². The molecule has 0 bridgehead atoms. The molecular weight excluding hydrogens is 174 g/mol. The Bertz CT molecular complexity index is 259. The summed E-state index contributed by atoms with van der Waals surface area (Å²) in [6, 6.07) is 0.689. The van der Waals surface area contributed by atoms with Crippen molar-refractivity contribution in [3.05, 3.63) is 5.89 Å². The third-order valence-electron chi connectivity index (χ3n) is 1.74. The molecule has 0 unspecified atom stereocenters. The fourth-order valence-corrected chi connectivity index (χ4v) is 1.21. The molecule has 0 amide bonds. The molecule has 1 aliphatic rings. The van der Waals surface area contributed by atoms with E-state index in [1.54, 1.807) is 0 Å². The van der Waals surface area contributed by atoms with E-state index in [0.29, 0.717) is 23.7 Å². The van der Waals surface area contributed by atoms with Gasteiger partial charge in [-0.2, -0.15) is 0 Å². The van der Waals surface area contributed by atoms with Gasteiger partial charge in [-0.15, -0.1) is 10.2 Å². The van der Waals surface area contributed by atoms with Gasteiger partial charge < -0.3 is 9.73 Å². The summed E-state index contributed by atoms with van der Waals surface area (Å²) in [5.41, 5.74) is 0. The van der Waals surface area contributed by atoms with Crippen LogP contribution in [0.15, 0.2) is 9.64 Å². The highest BCUT2D eigenvalue weighted by atomic mass is 32.2. The highest BCUT2D eigenvalue weighted by molar-refractivity contribution is 7.98. The zero-order valence-corrected chi connectivity index (χ0v) is 7.73. The third kappa shape index (κ3) is 1.98. The number of nitrogens with one attached hydrogen (secondary N) is 1. The molecule has 0 spiro atoms. The Labute approximate surface area is 75.1 Å². The molecule has 12 heavy (non-hydrogen) atoms. The van der Waals surface area contributed by atoms with Crippen LogP contribution in [0.3, 0.4) is 0 Å². The largest absolute Gasteiger partial charge is 0.415 e. The summed E-state index contributed by atoms with van der Waals surface area (Å²) >= 11 is 1.47. The van der Waals surface area contributed by atoms with Crippen LogP contribution in [0.5, 0.6) is 0 Å². The molecule has 0 aliphatic heterocycles. The molecule has 1 saturated carbocycles. The minimum atomic E-state index is 0.641. The van der Waals surface area contributed by atoms with Gasteiger partial charge in [0.05, 0.1) is 6.54 Å². The van der Waals surface area contributed by atoms with E-state index in [4.69, 9.17) is 4.42 Å². The molecule has 1 fully saturated rings. The quantitative estimate of drug-likeness (QED) is 0.710. The van der Waals surface area contributed by atoms with Crippen LogP contribution in [0.2, 0.25) is 0 Å². The maximum atomic E-state index is 5.29. The normalized spacial score (nSPS) is 16.8. The van der Waals surface area contributed by atoms with E-state index in [2.05, 4.69) is 15.5 Å². The topological polar surface area (TPSA) is 51.0 Å². The standard InChI is InChI=1S/C7H11N3OS/c1-12-7-10-9-6(11-7)4-8-5-2-3-5/h5,8H,2-4H2,1H3. The Morgan fingerprint density at radius 3 is 3.00 bits per heavy atom. The Balaban J connectivity index is 1.84. The van der Waals surface area contributed by atoms with Gasteiger partial charge in [0.1, 0.15) is 0 Å². The van der Waals surface area contributed by atoms with Crippen molar-refractivity contribution in [3.63, 3.8) is 0 Å². The smallest absolute Gasteiger partial charge is 0.276 e.